The summed E-state index contributed by atoms with van der Waals surface area (Å²) < 4.78 is 1.13. The molecule has 0 heterocycles. The van der Waals surface area contributed by atoms with Crippen LogP contribution in [0.25, 0.3) is 0 Å². The largest absolute Gasteiger partial charge is 0.316 e. The van der Waals surface area contributed by atoms with E-state index in [0.29, 0.717) is 0 Å². The van der Waals surface area contributed by atoms with Crippen molar-refractivity contribution in [3.05, 3.63) is 58.6 Å². The van der Waals surface area contributed by atoms with Crippen LogP contribution in [0.2, 0.25) is 0 Å². The quantitative estimate of drug-likeness (QED) is 0.903. The van der Waals surface area contributed by atoms with E-state index in [4.69, 9.17) is 0 Å². The van der Waals surface area contributed by atoms with E-state index in [1.807, 2.05) is 13.1 Å². The minimum atomic E-state index is 0.884. The van der Waals surface area contributed by atoms with Gasteiger partial charge in [-0.1, -0.05) is 45.9 Å². The number of hydrogen-bond donors (Lipinski definition) is 1. The molecule has 0 bridgehead atoms. The molecular weight excluding hydrogens is 294 g/mol. The van der Waals surface area contributed by atoms with E-state index in [0.717, 1.165) is 11.0 Å². The summed E-state index contributed by atoms with van der Waals surface area (Å²) in [5.74, 6) is 0. The normalized spacial score (nSPS) is 10.5. The van der Waals surface area contributed by atoms with Gasteiger partial charge in [-0.3, -0.25) is 0 Å². The van der Waals surface area contributed by atoms with E-state index in [2.05, 4.69) is 63.7 Å². The fourth-order valence-corrected chi connectivity index (χ4v) is 2.95. The third-order valence-corrected chi connectivity index (χ3v) is 3.98. The Bertz CT molecular complexity index is 485. The van der Waals surface area contributed by atoms with E-state index < -0.39 is 0 Å². The molecule has 0 atom stereocenters. The molecule has 2 aromatic carbocycles. The second-order valence-electron chi connectivity index (χ2n) is 3.70. The first kappa shape index (κ1) is 12.7. The summed E-state index contributed by atoms with van der Waals surface area (Å²) in [6.45, 7) is 0.884. The highest BCUT2D eigenvalue weighted by Crippen LogP contribution is 2.31. The summed E-state index contributed by atoms with van der Waals surface area (Å²) >= 11 is 5.32. The Labute approximate surface area is 115 Å². The van der Waals surface area contributed by atoms with E-state index in [-0.39, 0.29) is 0 Å². The lowest BCUT2D eigenvalue weighted by Crippen LogP contribution is -2.06. The van der Waals surface area contributed by atoms with Crippen molar-refractivity contribution in [1.82, 2.24) is 5.32 Å². The molecule has 0 radical (unpaired) electrons. The fraction of sp³-hybridized carbons (Fsp3) is 0.143. The standard InChI is InChI=1S/C14H14BrNS/c1-16-10-11-9-12(15)7-8-14(11)17-13-5-3-2-4-6-13/h2-9,16H,10H2,1H3. The topological polar surface area (TPSA) is 12.0 Å². The molecule has 0 fully saturated rings. The molecule has 2 rings (SSSR count). The van der Waals surface area contributed by atoms with Crippen LogP contribution in [-0.4, -0.2) is 7.05 Å². The van der Waals surface area contributed by atoms with Crippen LogP contribution in [0.4, 0.5) is 0 Å². The molecule has 0 spiro atoms. The predicted octanol–water partition coefficient (Wildman–Crippen LogP) is 4.32. The molecule has 0 aliphatic heterocycles. The molecule has 0 amide bonds. The summed E-state index contributed by atoms with van der Waals surface area (Å²) in [7, 11) is 1.97. The van der Waals surface area contributed by atoms with E-state index in [9.17, 15) is 0 Å². The van der Waals surface area contributed by atoms with Gasteiger partial charge >= 0.3 is 0 Å². The van der Waals surface area contributed by atoms with Crippen LogP contribution in [0, 0.1) is 0 Å². The molecule has 0 aromatic heterocycles. The van der Waals surface area contributed by atoms with E-state index >= 15 is 0 Å². The van der Waals surface area contributed by atoms with E-state index in [1.54, 1.807) is 11.8 Å². The maximum atomic E-state index is 3.51. The third kappa shape index (κ3) is 3.60. The molecule has 0 aliphatic carbocycles. The molecule has 88 valence electrons. The van der Waals surface area contributed by atoms with Crippen LogP contribution in [0.5, 0.6) is 0 Å². The Kier molecular flexibility index (Phi) is 4.66. The van der Waals surface area contributed by atoms with Crippen LogP contribution in [-0.2, 0) is 6.54 Å². The van der Waals surface area contributed by atoms with Gasteiger partial charge in [0.1, 0.15) is 0 Å². The molecule has 0 aliphatic rings. The first-order valence-corrected chi connectivity index (χ1v) is 7.06. The molecule has 17 heavy (non-hydrogen) atoms. The summed E-state index contributed by atoms with van der Waals surface area (Å²) in [6, 6.07) is 16.9. The first-order chi connectivity index (χ1) is 8.29. The Balaban J connectivity index is 2.26. The van der Waals surface area contributed by atoms with Crippen molar-refractivity contribution in [3.63, 3.8) is 0 Å². The van der Waals surface area contributed by atoms with Crippen molar-refractivity contribution >= 4 is 27.7 Å². The van der Waals surface area contributed by atoms with Crippen LogP contribution in [0.15, 0.2) is 62.8 Å². The monoisotopic (exact) mass is 307 g/mol. The second-order valence-corrected chi connectivity index (χ2v) is 5.73. The minimum absolute atomic E-state index is 0.884. The van der Waals surface area contributed by atoms with Crippen LogP contribution in [0.3, 0.4) is 0 Å². The maximum absolute atomic E-state index is 3.51. The number of rotatable bonds is 4. The van der Waals surface area contributed by atoms with Gasteiger partial charge in [0.25, 0.3) is 0 Å². The van der Waals surface area contributed by atoms with Gasteiger partial charge < -0.3 is 5.32 Å². The van der Waals surface area contributed by atoms with Gasteiger partial charge in [-0.2, -0.15) is 0 Å². The molecular formula is C14H14BrNS. The van der Waals surface area contributed by atoms with Crippen LogP contribution < -0.4 is 5.32 Å². The van der Waals surface area contributed by atoms with Crippen LogP contribution in [0.1, 0.15) is 5.56 Å². The summed E-state index contributed by atoms with van der Waals surface area (Å²) in [5, 5.41) is 3.20. The molecule has 0 saturated carbocycles. The summed E-state index contributed by atoms with van der Waals surface area (Å²) in [4.78, 5) is 2.57. The molecule has 3 heteroatoms. The molecule has 0 saturated heterocycles. The maximum Gasteiger partial charge on any atom is 0.0214 e. The fourth-order valence-electron chi connectivity index (χ4n) is 1.59. The zero-order valence-corrected chi connectivity index (χ0v) is 12.0. The van der Waals surface area contributed by atoms with Gasteiger partial charge in [-0.05, 0) is 42.9 Å². The Morgan fingerprint density at radius 3 is 2.59 bits per heavy atom. The highest BCUT2D eigenvalue weighted by Gasteiger charge is 2.04. The highest BCUT2D eigenvalue weighted by molar-refractivity contribution is 9.10. The average Bonchev–Trinajstić information content (AvgIpc) is 2.34. The van der Waals surface area contributed by atoms with Crippen molar-refractivity contribution in [2.24, 2.45) is 0 Å². The zero-order valence-electron chi connectivity index (χ0n) is 9.61. The second kappa shape index (κ2) is 6.24. The van der Waals surface area contributed by atoms with Crippen molar-refractivity contribution in [3.8, 4) is 0 Å². The zero-order chi connectivity index (χ0) is 12.1. The third-order valence-electron chi connectivity index (χ3n) is 2.36. The lowest BCUT2D eigenvalue weighted by atomic mass is 10.2. The van der Waals surface area contributed by atoms with Gasteiger partial charge in [0.05, 0.1) is 0 Å². The van der Waals surface area contributed by atoms with Crippen molar-refractivity contribution in [2.45, 2.75) is 16.3 Å². The molecule has 1 nitrogen and oxygen atoms in total. The Morgan fingerprint density at radius 1 is 1.12 bits per heavy atom. The molecule has 1 N–H and O–H groups in total. The Morgan fingerprint density at radius 2 is 1.88 bits per heavy atom. The predicted molar refractivity (Wildman–Crippen MR) is 77.5 cm³/mol. The van der Waals surface area contributed by atoms with Crippen LogP contribution >= 0.6 is 27.7 Å². The lowest BCUT2D eigenvalue weighted by Gasteiger charge is -2.09. The van der Waals surface area contributed by atoms with Gasteiger partial charge in [-0.15, -0.1) is 0 Å². The number of hydrogen-bond acceptors (Lipinski definition) is 2. The number of benzene rings is 2. The molecule has 0 unspecified atom stereocenters. The summed E-state index contributed by atoms with van der Waals surface area (Å²) in [6.07, 6.45) is 0. The number of nitrogens with one attached hydrogen (secondary N) is 1. The average molecular weight is 308 g/mol. The van der Waals surface area contributed by atoms with Gasteiger partial charge in [-0.25, -0.2) is 0 Å². The minimum Gasteiger partial charge on any atom is -0.316 e. The summed E-state index contributed by atoms with van der Waals surface area (Å²) in [5.41, 5.74) is 1.32. The molecule has 2 aromatic rings. The van der Waals surface area contributed by atoms with Gasteiger partial charge in [0.15, 0.2) is 0 Å². The van der Waals surface area contributed by atoms with Crippen molar-refractivity contribution in [1.29, 1.82) is 0 Å². The first-order valence-electron chi connectivity index (χ1n) is 5.45. The highest BCUT2D eigenvalue weighted by atomic mass is 79.9. The number of halogens is 1. The Hall–Kier alpha value is -0.770. The van der Waals surface area contributed by atoms with Crippen molar-refractivity contribution < 1.29 is 0 Å². The smallest absolute Gasteiger partial charge is 0.0214 e. The van der Waals surface area contributed by atoms with Gasteiger partial charge in [0.2, 0.25) is 0 Å². The van der Waals surface area contributed by atoms with Gasteiger partial charge in [0, 0.05) is 20.8 Å². The lowest BCUT2D eigenvalue weighted by molar-refractivity contribution is 0.802. The van der Waals surface area contributed by atoms with E-state index in [1.165, 1.54) is 15.4 Å². The SMILES string of the molecule is CNCc1cc(Br)ccc1Sc1ccccc1. The van der Waals surface area contributed by atoms with Crippen molar-refractivity contribution in [2.75, 3.05) is 7.05 Å².